The predicted octanol–water partition coefficient (Wildman–Crippen LogP) is 2.39. The van der Waals surface area contributed by atoms with Crippen LogP contribution in [-0.4, -0.2) is 60.7 Å². The van der Waals surface area contributed by atoms with Crippen LogP contribution < -0.4 is 9.80 Å². The number of nitriles is 1. The molecule has 140 valence electrons. The lowest BCUT2D eigenvalue weighted by Gasteiger charge is -2.40. The van der Waals surface area contributed by atoms with Gasteiger partial charge >= 0.3 is 0 Å². The van der Waals surface area contributed by atoms with E-state index in [1.165, 1.54) is 12.8 Å². The second kappa shape index (κ2) is 8.36. The number of piperidine rings is 1. The van der Waals surface area contributed by atoms with E-state index in [1.807, 2.05) is 24.4 Å². The fourth-order valence-corrected chi connectivity index (χ4v) is 4.13. The first-order valence-corrected chi connectivity index (χ1v) is 9.81. The van der Waals surface area contributed by atoms with Gasteiger partial charge in [0.15, 0.2) is 0 Å². The zero-order valence-corrected chi connectivity index (χ0v) is 15.7. The fourth-order valence-electron chi connectivity index (χ4n) is 4.13. The van der Waals surface area contributed by atoms with E-state index >= 15 is 0 Å². The quantitative estimate of drug-likeness (QED) is 0.832. The van der Waals surface area contributed by atoms with Gasteiger partial charge in [-0.2, -0.15) is 5.26 Å². The van der Waals surface area contributed by atoms with Crippen molar-refractivity contribution in [2.75, 3.05) is 55.6 Å². The molecule has 4 rings (SSSR count). The molecule has 2 saturated heterocycles. The number of anilines is 2. The molecule has 0 N–H and O–H groups in total. The molecule has 6 heteroatoms. The van der Waals surface area contributed by atoms with Gasteiger partial charge in [-0.05, 0) is 43.0 Å². The number of hydrogen-bond acceptors (Lipinski definition) is 6. The lowest BCUT2D eigenvalue weighted by Crippen LogP contribution is -2.50. The highest BCUT2D eigenvalue weighted by atomic mass is 15.3. The van der Waals surface area contributed by atoms with Gasteiger partial charge in [0.05, 0.1) is 5.56 Å². The van der Waals surface area contributed by atoms with Gasteiger partial charge in [0, 0.05) is 58.2 Å². The van der Waals surface area contributed by atoms with Crippen LogP contribution >= 0.6 is 0 Å². The van der Waals surface area contributed by atoms with Crippen molar-refractivity contribution in [1.29, 1.82) is 5.26 Å². The average molecular weight is 362 g/mol. The standard InChI is InChI=1S/C21H26N6/c22-14-18-6-7-21(24-15-18)27-9-3-4-19(17-27)16-25-10-12-26(13-11-25)20-5-1-2-8-23-20/h1-2,5-8,15,19H,3-4,9-13,16-17H2. The van der Waals surface area contributed by atoms with Crippen molar-refractivity contribution < 1.29 is 0 Å². The lowest BCUT2D eigenvalue weighted by atomic mass is 9.97. The summed E-state index contributed by atoms with van der Waals surface area (Å²) in [5, 5.41) is 8.94. The molecular weight excluding hydrogens is 336 g/mol. The molecular formula is C21H26N6. The molecule has 1 atom stereocenters. The van der Waals surface area contributed by atoms with E-state index in [-0.39, 0.29) is 0 Å². The van der Waals surface area contributed by atoms with Gasteiger partial charge in [0.2, 0.25) is 0 Å². The zero-order valence-electron chi connectivity index (χ0n) is 15.7. The summed E-state index contributed by atoms with van der Waals surface area (Å²) < 4.78 is 0. The summed E-state index contributed by atoms with van der Waals surface area (Å²) >= 11 is 0. The van der Waals surface area contributed by atoms with Gasteiger partial charge in [-0.25, -0.2) is 9.97 Å². The van der Waals surface area contributed by atoms with Gasteiger partial charge in [-0.3, -0.25) is 4.90 Å². The summed E-state index contributed by atoms with van der Waals surface area (Å²) in [7, 11) is 0. The molecule has 0 amide bonds. The number of nitrogens with zero attached hydrogens (tertiary/aromatic N) is 6. The number of aromatic nitrogens is 2. The maximum atomic E-state index is 8.94. The summed E-state index contributed by atoms with van der Waals surface area (Å²) in [6, 6.07) is 12.1. The van der Waals surface area contributed by atoms with E-state index in [1.54, 1.807) is 6.20 Å². The van der Waals surface area contributed by atoms with Crippen LogP contribution in [0.25, 0.3) is 0 Å². The minimum atomic E-state index is 0.623. The zero-order chi connectivity index (χ0) is 18.5. The van der Waals surface area contributed by atoms with Crippen molar-refractivity contribution in [3.8, 4) is 6.07 Å². The van der Waals surface area contributed by atoms with E-state index in [4.69, 9.17) is 5.26 Å². The van der Waals surface area contributed by atoms with Crippen LogP contribution in [0.3, 0.4) is 0 Å². The maximum Gasteiger partial charge on any atom is 0.128 e. The second-order valence-corrected chi connectivity index (χ2v) is 7.45. The smallest absolute Gasteiger partial charge is 0.128 e. The topological polar surface area (TPSA) is 59.3 Å². The molecule has 0 aromatic carbocycles. The largest absolute Gasteiger partial charge is 0.356 e. The predicted molar refractivity (Wildman–Crippen MR) is 107 cm³/mol. The van der Waals surface area contributed by atoms with E-state index in [0.29, 0.717) is 11.5 Å². The maximum absolute atomic E-state index is 8.94. The van der Waals surface area contributed by atoms with Crippen molar-refractivity contribution in [3.63, 3.8) is 0 Å². The van der Waals surface area contributed by atoms with E-state index in [2.05, 4.69) is 42.9 Å². The molecule has 0 saturated carbocycles. The number of pyridine rings is 2. The van der Waals surface area contributed by atoms with Gasteiger partial charge in [-0.15, -0.1) is 0 Å². The molecule has 2 aliphatic heterocycles. The highest BCUT2D eigenvalue weighted by Gasteiger charge is 2.25. The third kappa shape index (κ3) is 4.37. The van der Waals surface area contributed by atoms with Crippen LogP contribution in [-0.2, 0) is 0 Å². The van der Waals surface area contributed by atoms with E-state index in [9.17, 15) is 0 Å². The Morgan fingerprint density at radius 2 is 1.81 bits per heavy atom. The first-order valence-electron chi connectivity index (χ1n) is 9.81. The van der Waals surface area contributed by atoms with Crippen LogP contribution in [0.4, 0.5) is 11.6 Å². The Balaban J connectivity index is 1.29. The van der Waals surface area contributed by atoms with Crippen molar-refractivity contribution in [1.82, 2.24) is 14.9 Å². The van der Waals surface area contributed by atoms with Gasteiger partial charge in [0.25, 0.3) is 0 Å². The third-order valence-electron chi connectivity index (χ3n) is 5.58. The molecule has 0 aliphatic carbocycles. The monoisotopic (exact) mass is 362 g/mol. The normalized spacial score (nSPS) is 21.1. The number of piperazine rings is 1. The first kappa shape index (κ1) is 17.7. The van der Waals surface area contributed by atoms with Crippen LogP contribution in [0, 0.1) is 17.2 Å². The van der Waals surface area contributed by atoms with Crippen molar-refractivity contribution in [2.45, 2.75) is 12.8 Å². The van der Waals surface area contributed by atoms with E-state index < -0.39 is 0 Å². The third-order valence-corrected chi connectivity index (χ3v) is 5.58. The van der Waals surface area contributed by atoms with Gasteiger partial charge in [-0.1, -0.05) is 6.07 Å². The van der Waals surface area contributed by atoms with Crippen LogP contribution in [0.2, 0.25) is 0 Å². The Labute approximate surface area is 161 Å². The number of rotatable bonds is 4. The average Bonchev–Trinajstić information content (AvgIpc) is 2.75. The summed E-state index contributed by atoms with van der Waals surface area (Å²) in [6.45, 7) is 7.56. The fraction of sp³-hybridized carbons (Fsp3) is 0.476. The van der Waals surface area contributed by atoms with Crippen molar-refractivity contribution in [2.24, 2.45) is 5.92 Å². The van der Waals surface area contributed by atoms with Crippen LogP contribution in [0.15, 0.2) is 42.7 Å². The Hall–Kier alpha value is -2.65. The van der Waals surface area contributed by atoms with Crippen LogP contribution in [0.1, 0.15) is 18.4 Å². The molecule has 0 radical (unpaired) electrons. The Morgan fingerprint density at radius 3 is 2.52 bits per heavy atom. The molecule has 0 spiro atoms. The SMILES string of the molecule is N#Cc1ccc(N2CCCC(CN3CCN(c4ccccn4)CC3)C2)nc1. The molecule has 1 unspecified atom stereocenters. The Morgan fingerprint density at radius 1 is 0.963 bits per heavy atom. The molecule has 2 fully saturated rings. The van der Waals surface area contributed by atoms with Crippen molar-refractivity contribution in [3.05, 3.63) is 48.3 Å². The van der Waals surface area contributed by atoms with Gasteiger partial charge in [0.1, 0.15) is 17.7 Å². The molecule has 2 aromatic rings. The molecule has 4 heterocycles. The Kier molecular flexibility index (Phi) is 5.50. The second-order valence-electron chi connectivity index (χ2n) is 7.45. The van der Waals surface area contributed by atoms with Gasteiger partial charge < -0.3 is 9.80 Å². The molecule has 2 aromatic heterocycles. The minimum absolute atomic E-state index is 0.623. The molecule has 6 nitrogen and oxygen atoms in total. The molecule has 2 aliphatic rings. The molecule has 0 bridgehead atoms. The summed E-state index contributed by atoms with van der Waals surface area (Å²) in [5.41, 5.74) is 0.623. The highest BCUT2D eigenvalue weighted by Crippen LogP contribution is 2.23. The summed E-state index contributed by atoms with van der Waals surface area (Å²) in [4.78, 5) is 16.3. The first-order chi connectivity index (χ1) is 13.3. The van der Waals surface area contributed by atoms with Crippen molar-refractivity contribution >= 4 is 11.6 Å². The van der Waals surface area contributed by atoms with E-state index in [0.717, 1.165) is 57.4 Å². The highest BCUT2D eigenvalue weighted by molar-refractivity contribution is 5.42. The number of hydrogen-bond donors (Lipinski definition) is 0. The lowest BCUT2D eigenvalue weighted by molar-refractivity contribution is 0.205. The Bertz CT molecular complexity index is 762. The summed E-state index contributed by atoms with van der Waals surface area (Å²) in [5.74, 6) is 2.77. The molecule has 27 heavy (non-hydrogen) atoms. The van der Waals surface area contributed by atoms with Crippen LogP contribution in [0.5, 0.6) is 0 Å². The minimum Gasteiger partial charge on any atom is -0.356 e. The summed E-state index contributed by atoms with van der Waals surface area (Å²) in [6.07, 6.45) is 6.04.